The summed E-state index contributed by atoms with van der Waals surface area (Å²) < 4.78 is 1.36. The Kier molecular flexibility index (Phi) is 2.50. The number of pyridine rings is 1. The van der Waals surface area contributed by atoms with Gasteiger partial charge in [0.1, 0.15) is 16.3 Å². The van der Waals surface area contributed by atoms with Crippen LogP contribution in [0.25, 0.3) is 10.3 Å². The Labute approximate surface area is 94.0 Å². The SMILES string of the molecule is CSc1nc2[nH]c(C)c(C#N)c(=O)c2s1. The van der Waals surface area contributed by atoms with Crippen LogP contribution in [0.15, 0.2) is 9.13 Å². The van der Waals surface area contributed by atoms with Crippen molar-refractivity contribution in [2.45, 2.75) is 11.3 Å². The molecule has 0 amide bonds. The van der Waals surface area contributed by atoms with Crippen molar-refractivity contribution in [3.05, 3.63) is 21.5 Å². The van der Waals surface area contributed by atoms with Crippen molar-refractivity contribution in [3.63, 3.8) is 0 Å². The van der Waals surface area contributed by atoms with Crippen molar-refractivity contribution in [3.8, 4) is 6.07 Å². The van der Waals surface area contributed by atoms with E-state index in [1.807, 2.05) is 12.3 Å². The molecule has 6 heteroatoms. The average Bonchev–Trinajstić information content (AvgIpc) is 2.61. The number of nitriles is 1. The van der Waals surface area contributed by atoms with Crippen molar-refractivity contribution in [2.75, 3.05) is 6.26 Å². The van der Waals surface area contributed by atoms with Crippen LogP contribution in [-0.2, 0) is 0 Å². The predicted octanol–water partition coefficient (Wildman–Crippen LogP) is 1.89. The number of thiazole rings is 1. The van der Waals surface area contributed by atoms with Gasteiger partial charge in [0.05, 0.1) is 0 Å². The molecule has 0 radical (unpaired) electrons. The van der Waals surface area contributed by atoms with Crippen LogP contribution >= 0.6 is 23.1 Å². The van der Waals surface area contributed by atoms with E-state index in [0.717, 1.165) is 4.34 Å². The third-order valence-corrected chi connectivity index (χ3v) is 4.05. The van der Waals surface area contributed by atoms with Crippen LogP contribution in [0.3, 0.4) is 0 Å². The zero-order valence-electron chi connectivity index (χ0n) is 8.12. The molecule has 0 aliphatic carbocycles. The highest BCUT2D eigenvalue weighted by molar-refractivity contribution is 8.00. The van der Waals surface area contributed by atoms with Gasteiger partial charge in [-0.05, 0) is 13.2 Å². The lowest BCUT2D eigenvalue weighted by Crippen LogP contribution is -2.08. The molecule has 2 heterocycles. The van der Waals surface area contributed by atoms with Gasteiger partial charge < -0.3 is 4.98 Å². The first-order valence-corrected chi connectivity index (χ1v) is 6.19. The van der Waals surface area contributed by atoms with Crippen molar-refractivity contribution in [1.82, 2.24) is 9.97 Å². The maximum absolute atomic E-state index is 11.8. The largest absolute Gasteiger partial charge is 0.341 e. The van der Waals surface area contributed by atoms with Crippen molar-refractivity contribution < 1.29 is 0 Å². The summed E-state index contributed by atoms with van der Waals surface area (Å²) in [5, 5.41) is 8.83. The number of hydrogen-bond donors (Lipinski definition) is 1. The first-order chi connectivity index (χ1) is 7.17. The van der Waals surface area contributed by atoms with Crippen LogP contribution in [0.2, 0.25) is 0 Å². The van der Waals surface area contributed by atoms with Gasteiger partial charge in [-0.1, -0.05) is 11.8 Å². The number of H-pyrrole nitrogens is 1. The standard InChI is InChI=1S/C9H7N3OS2/c1-4-5(3-10)6(13)7-8(11-4)12-9(14-2)15-7/h1-2H3,(H,11,13). The maximum atomic E-state index is 11.8. The van der Waals surface area contributed by atoms with Crippen LogP contribution in [0.4, 0.5) is 0 Å². The van der Waals surface area contributed by atoms with Gasteiger partial charge in [-0.3, -0.25) is 4.79 Å². The van der Waals surface area contributed by atoms with Crippen molar-refractivity contribution in [2.24, 2.45) is 0 Å². The summed E-state index contributed by atoms with van der Waals surface area (Å²) in [6.07, 6.45) is 1.90. The molecule has 2 rings (SSSR count). The number of aromatic amines is 1. The summed E-state index contributed by atoms with van der Waals surface area (Å²) in [5.74, 6) is 0. The second-order valence-corrected chi connectivity index (χ2v) is 4.98. The van der Waals surface area contributed by atoms with E-state index in [2.05, 4.69) is 9.97 Å². The van der Waals surface area contributed by atoms with E-state index in [4.69, 9.17) is 5.26 Å². The summed E-state index contributed by atoms with van der Waals surface area (Å²) in [5.41, 5.74) is 1.11. The Hall–Kier alpha value is -1.32. The van der Waals surface area contributed by atoms with Gasteiger partial charge in [-0.25, -0.2) is 4.98 Å². The normalized spacial score (nSPS) is 10.5. The van der Waals surface area contributed by atoms with E-state index in [1.165, 1.54) is 23.1 Å². The molecule has 0 bridgehead atoms. The Morgan fingerprint density at radius 3 is 2.93 bits per heavy atom. The summed E-state index contributed by atoms with van der Waals surface area (Å²) in [7, 11) is 0. The van der Waals surface area contributed by atoms with E-state index < -0.39 is 0 Å². The third-order valence-electron chi connectivity index (χ3n) is 2.01. The molecule has 76 valence electrons. The first-order valence-electron chi connectivity index (χ1n) is 4.15. The van der Waals surface area contributed by atoms with E-state index in [0.29, 0.717) is 16.0 Å². The molecule has 0 saturated carbocycles. The molecule has 0 atom stereocenters. The lowest BCUT2D eigenvalue weighted by molar-refractivity contribution is 1.16. The Morgan fingerprint density at radius 2 is 2.33 bits per heavy atom. The lowest BCUT2D eigenvalue weighted by Gasteiger charge is -1.95. The molecular weight excluding hydrogens is 230 g/mol. The molecule has 4 nitrogen and oxygen atoms in total. The molecule has 15 heavy (non-hydrogen) atoms. The summed E-state index contributed by atoms with van der Waals surface area (Å²) in [6.45, 7) is 1.71. The van der Waals surface area contributed by atoms with Gasteiger partial charge in [0, 0.05) is 5.69 Å². The second-order valence-electron chi connectivity index (χ2n) is 2.93. The van der Waals surface area contributed by atoms with Crippen LogP contribution in [0.5, 0.6) is 0 Å². The van der Waals surface area contributed by atoms with Crippen LogP contribution in [0.1, 0.15) is 11.3 Å². The fraction of sp³-hybridized carbons (Fsp3) is 0.222. The topological polar surface area (TPSA) is 69.5 Å². The number of aryl methyl sites for hydroxylation is 1. The monoisotopic (exact) mass is 237 g/mol. The molecule has 0 aliphatic heterocycles. The number of nitrogens with zero attached hydrogens (tertiary/aromatic N) is 2. The Morgan fingerprint density at radius 1 is 1.60 bits per heavy atom. The van der Waals surface area contributed by atoms with E-state index in [9.17, 15) is 4.79 Å². The minimum atomic E-state index is -0.221. The highest BCUT2D eigenvalue weighted by Crippen LogP contribution is 2.25. The molecular formula is C9H7N3OS2. The van der Waals surface area contributed by atoms with E-state index >= 15 is 0 Å². The molecule has 0 spiro atoms. The number of aromatic nitrogens is 2. The van der Waals surface area contributed by atoms with Gasteiger partial charge in [0.15, 0.2) is 9.99 Å². The van der Waals surface area contributed by atoms with Crippen LogP contribution in [-0.4, -0.2) is 16.2 Å². The number of thioether (sulfide) groups is 1. The molecule has 0 aromatic carbocycles. The second kappa shape index (κ2) is 3.68. The summed E-state index contributed by atoms with van der Waals surface area (Å²) in [6, 6.07) is 1.91. The van der Waals surface area contributed by atoms with Gasteiger partial charge in [0.2, 0.25) is 5.43 Å². The molecule has 0 unspecified atom stereocenters. The van der Waals surface area contributed by atoms with Gasteiger partial charge >= 0.3 is 0 Å². The number of fused-ring (bicyclic) bond motifs is 1. The smallest absolute Gasteiger partial charge is 0.219 e. The van der Waals surface area contributed by atoms with Crippen molar-refractivity contribution >= 4 is 33.4 Å². The summed E-state index contributed by atoms with van der Waals surface area (Å²) in [4.78, 5) is 19.0. The highest BCUT2D eigenvalue weighted by Gasteiger charge is 2.12. The first kappa shape index (κ1) is 10.2. The van der Waals surface area contributed by atoms with Crippen LogP contribution < -0.4 is 5.43 Å². The fourth-order valence-electron chi connectivity index (χ4n) is 1.28. The maximum Gasteiger partial charge on any atom is 0.219 e. The quantitative estimate of drug-likeness (QED) is 0.769. The fourth-order valence-corrected chi connectivity index (χ4v) is 2.75. The van der Waals surface area contributed by atoms with E-state index in [1.54, 1.807) is 6.92 Å². The number of rotatable bonds is 1. The molecule has 0 aliphatic rings. The molecule has 2 aromatic heterocycles. The zero-order chi connectivity index (χ0) is 11.0. The van der Waals surface area contributed by atoms with Crippen molar-refractivity contribution in [1.29, 1.82) is 5.26 Å². The lowest BCUT2D eigenvalue weighted by atomic mass is 10.2. The van der Waals surface area contributed by atoms with Gasteiger partial charge in [0.25, 0.3) is 0 Å². The minimum absolute atomic E-state index is 0.179. The van der Waals surface area contributed by atoms with E-state index in [-0.39, 0.29) is 11.0 Å². The zero-order valence-corrected chi connectivity index (χ0v) is 9.75. The Balaban J connectivity index is 2.90. The molecule has 0 saturated heterocycles. The molecule has 0 fully saturated rings. The van der Waals surface area contributed by atoms with Crippen LogP contribution in [0, 0.1) is 18.3 Å². The highest BCUT2D eigenvalue weighted by atomic mass is 32.2. The minimum Gasteiger partial charge on any atom is -0.341 e. The predicted molar refractivity (Wildman–Crippen MR) is 61.5 cm³/mol. The number of nitrogens with one attached hydrogen (secondary N) is 1. The van der Waals surface area contributed by atoms with Gasteiger partial charge in [-0.2, -0.15) is 5.26 Å². The molecule has 1 N–H and O–H groups in total. The average molecular weight is 237 g/mol. The van der Waals surface area contributed by atoms with Gasteiger partial charge in [-0.15, -0.1) is 11.3 Å². The summed E-state index contributed by atoms with van der Waals surface area (Å²) >= 11 is 2.81. The third kappa shape index (κ3) is 1.54. The Bertz CT molecular complexity index is 621. The number of hydrogen-bond acceptors (Lipinski definition) is 5. The molecule has 2 aromatic rings.